The van der Waals surface area contributed by atoms with Crippen molar-refractivity contribution < 1.29 is 163 Å². The standard InChI is InChI=1S/C92H125N15O31S2.CO2/c1-7-88(134)33-45-34-91(85(132)137-6,74-53(20-24-105(38-45)43-88)52-12-9-10-13-57(52)99-74)56-31-55-59(32-65(56)136-5)104(4)82-90(55)22-25-106-23-11-21-89(8-2,81(90)106)83(130)92(82,135)84(131)107(94)87(133)138-26-27-139-140-42-48(79(126)127)29-61(113)66(73(122)72(121)64(116)41-110)101-77(124)54(69(118)71(120)63(115)40-109)30-60(112)44(3)95-35-47(68(117)70(119)62(114)39-108)28-51(111)18-19-58(80(128)129)100-76(123)46-14-16-49(17-15-46)96-36-50-37-97-75-67(98-50)78(125)103-86(93)102-75;2-1-3/h9-10,12-17,31-32,37,44-45,47-48,54,58,62-64,66,68-73,81-83,94-95,99,108-110,114-122,130,134-135H,7-8,11,18-30,33-36,38-43H2,1-6H3,(H7-,93,96,97,100,101,102,103,123,124,125,126,127,128,129);/p+1/t44-,45+,47+,48-,54-,58-,62+,63+,64+,66+,68+,69+,70+,71+,72+,73+,81-,82+,83+,88-,89+,90+,91-,92-;/m0./s1. The Kier molecular flexibility index (Phi) is 37.7. The molecule has 1 aliphatic carbocycles. The zero-order valence-electron chi connectivity index (χ0n) is 79.4. The van der Waals surface area contributed by atoms with Gasteiger partial charge in [-0.1, -0.05) is 53.6 Å². The molecule has 3 aromatic heterocycles. The number of likely N-dealkylation sites (N-methyl/N-ethyl adjacent to an activating group) is 1. The number of nitrogens with one attached hydrogen (secondary N) is 7. The number of para-hydroxylation sites is 1. The van der Waals surface area contributed by atoms with Crippen molar-refractivity contribution in [1.29, 1.82) is 5.53 Å². The molecule has 5 aliphatic heterocycles. The van der Waals surface area contributed by atoms with Gasteiger partial charge in [-0.15, -0.1) is 0 Å². The molecule has 2 bridgehead atoms. The zero-order chi connectivity index (χ0) is 105. The lowest BCUT2D eigenvalue weighted by atomic mass is 9.46. The van der Waals surface area contributed by atoms with Gasteiger partial charge in [0.05, 0.1) is 98.9 Å². The number of nitrogens with zero attached hydrogens (tertiary/aromatic N) is 7. The summed E-state index contributed by atoms with van der Waals surface area (Å²) >= 11 is 0. The minimum atomic E-state index is -2.97. The van der Waals surface area contributed by atoms with E-state index < -0.39 is 272 Å². The molecule has 782 valence electrons. The molecule has 8 heterocycles. The van der Waals surface area contributed by atoms with Crippen molar-refractivity contribution in [3.8, 4) is 5.75 Å². The lowest BCUT2D eigenvalue weighted by Crippen LogP contribution is -2.82. The van der Waals surface area contributed by atoms with E-state index in [2.05, 4.69) is 50.7 Å². The minimum absolute atomic E-state index is 0.0200. The molecule has 1 saturated carbocycles. The molecule has 48 nitrogen and oxygen atoms in total. The molecule has 143 heavy (non-hydrogen) atoms. The average Bonchev–Trinajstić information content (AvgIpc) is 1.49. The molecule has 12 rings (SSSR count). The summed E-state index contributed by atoms with van der Waals surface area (Å²) in [6, 6.07) is 9.23. The first kappa shape index (κ1) is 112. The number of Topliss-reactive ketones (excluding diaryl/α,β-unsaturated/α-hetero) is 3. The van der Waals surface area contributed by atoms with Crippen LogP contribution in [0.25, 0.3) is 22.1 Å². The van der Waals surface area contributed by atoms with Gasteiger partial charge in [-0.3, -0.25) is 53.1 Å². The molecule has 6 aromatic rings. The highest BCUT2D eigenvalue weighted by Crippen LogP contribution is 2.69. The number of ketones is 3. The van der Waals surface area contributed by atoms with Crippen LogP contribution < -0.4 is 42.2 Å². The van der Waals surface area contributed by atoms with Crippen LogP contribution in [-0.4, -0.2) is 392 Å². The van der Waals surface area contributed by atoms with Crippen LogP contribution in [-0.2, 0) is 81.2 Å². The van der Waals surface area contributed by atoms with Crippen molar-refractivity contribution in [3.05, 3.63) is 111 Å². The second kappa shape index (κ2) is 47.9. The number of hydrogen-bond donors (Lipinski definition) is 25. The van der Waals surface area contributed by atoms with Crippen molar-refractivity contribution >= 4 is 126 Å². The molecule has 1 spiro atoms. The number of ether oxygens (including phenoxy) is 3. The fourth-order valence-electron chi connectivity index (χ4n) is 21.8. The van der Waals surface area contributed by atoms with Crippen LogP contribution >= 0.6 is 21.6 Å². The summed E-state index contributed by atoms with van der Waals surface area (Å²) < 4.78 is 17.7. The summed E-state index contributed by atoms with van der Waals surface area (Å²) in [5.41, 5.74) is 10.3. The lowest BCUT2D eigenvalue weighted by Gasteiger charge is -2.63. The first-order chi connectivity index (χ1) is 67.8. The monoisotopic (exact) mass is 2040 g/mol. The van der Waals surface area contributed by atoms with Gasteiger partial charge in [0.2, 0.25) is 17.5 Å². The fourth-order valence-corrected chi connectivity index (χ4v) is 23.9. The number of nitrogens with two attached hydrogens (primary N) is 1. The van der Waals surface area contributed by atoms with Gasteiger partial charge in [-0.2, -0.15) is 19.4 Å². The normalized spacial score (nSPS) is 25.3. The molecule has 26 N–H and O–H groups in total. The summed E-state index contributed by atoms with van der Waals surface area (Å²) in [5, 5.41) is 199. The Labute approximate surface area is 825 Å². The minimum Gasteiger partial charge on any atom is -0.496 e. The largest absolute Gasteiger partial charge is 0.631 e. The Morgan fingerprint density at radius 1 is 0.762 bits per heavy atom. The Hall–Kier alpha value is -10.9. The Bertz CT molecular complexity index is 5730. The summed E-state index contributed by atoms with van der Waals surface area (Å²) in [4.78, 5) is 195. The molecule has 3 aromatic carbocycles. The summed E-state index contributed by atoms with van der Waals surface area (Å²) in [7, 11) is 6.03. The first-order valence-corrected chi connectivity index (χ1v) is 49.2. The van der Waals surface area contributed by atoms with Crippen LogP contribution in [0.5, 0.6) is 5.75 Å². The van der Waals surface area contributed by atoms with Gasteiger partial charge >= 0.3 is 36.1 Å². The number of aliphatic carboxylic acids is 2. The molecule has 0 radical (unpaired) electrons. The van der Waals surface area contributed by atoms with E-state index in [1.807, 2.05) is 49.5 Å². The Morgan fingerprint density at radius 3 is 2.06 bits per heavy atom. The third-order valence-corrected chi connectivity index (χ3v) is 31.5. The predicted octanol–water partition coefficient (Wildman–Crippen LogP) is -3.64. The maximum absolute atomic E-state index is 15.7. The van der Waals surface area contributed by atoms with Crippen molar-refractivity contribution in [2.45, 2.75) is 224 Å². The highest BCUT2D eigenvalue weighted by Gasteiger charge is 2.82. The number of aliphatic hydroxyl groups is 15. The van der Waals surface area contributed by atoms with E-state index in [4.69, 9.17) is 29.5 Å². The van der Waals surface area contributed by atoms with Crippen LogP contribution in [0.4, 0.5) is 22.1 Å². The number of aromatic nitrogens is 5. The number of carboxylic acid groups (broad SMARTS) is 2. The number of hydrogen-bond acceptors (Lipinski definition) is 43. The molecule has 4 fully saturated rings. The molecular formula is C93H126N15O33S2+. The quantitative estimate of drug-likeness (QED) is 0.00576. The van der Waals surface area contributed by atoms with E-state index in [0.717, 1.165) is 45.0 Å². The number of benzene rings is 3. The lowest BCUT2D eigenvalue weighted by molar-refractivity contribution is -0.475. The topological polar surface area (TPSA) is 774 Å². The van der Waals surface area contributed by atoms with Crippen molar-refractivity contribution in [3.63, 3.8) is 0 Å². The highest BCUT2D eigenvalue weighted by atomic mass is 33.1. The van der Waals surface area contributed by atoms with Crippen LogP contribution in [0.1, 0.15) is 136 Å². The second-order valence-electron chi connectivity index (χ2n) is 37.5. The molecule has 25 atom stereocenters. The number of amides is 4. The van der Waals surface area contributed by atoms with Gasteiger partial charge in [0.25, 0.3) is 11.5 Å². The van der Waals surface area contributed by atoms with E-state index in [1.54, 1.807) is 18.0 Å². The number of anilines is 3. The van der Waals surface area contributed by atoms with Crippen LogP contribution in [0.3, 0.4) is 0 Å². The van der Waals surface area contributed by atoms with Crippen molar-refractivity contribution in [1.82, 2.24) is 50.7 Å². The second-order valence-corrected chi connectivity index (χ2v) is 40.2. The summed E-state index contributed by atoms with van der Waals surface area (Å²) in [6.45, 7) is 2.54. The highest BCUT2D eigenvalue weighted by molar-refractivity contribution is 8.76. The smallest absolute Gasteiger partial charge is 0.496 e. The number of fused-ring (bicyclic) bond motifs is 7. The SMILES string of the molecule is CC[C@]1(O)C[C@H]2CN(CCc3c([nH]c4ccccc34)[C@@](C(=O)OC)(c3cc4c(cc3OC)N(C)[C@H]3[C@@](O)(C(=O)[N+](=N)C(=O)OCCSSC[C@H](CC(=O)[C@@H](NC(=O)[C@@H](CC(=O)[C@H](C)NC[C@@H](CC(=O)CC[C@H](NC(=O)c5ccc(NCc6cnc7nc(N)[nH]c(=O)c7n6)cc5)C(=O)O)[C@@H](O)[C@H](O)[C@H](O)CO)[C@@H](O)[C@H](O)[C@H](O)CO)[C@@H](O)[C@H](O)[C@H](O)CO)C(=O)O)[C@H](O)[C@]5(CC)CCCN6CC[C@]43[C@@H]65)C2)C1.O=C=O. The van der Waals surface area contributed by atoms with E-state index in [1.165, 1.54) is 44.7 Å². The van der Waals surface area contributed by atoms with E-state index in [0.29, 0.717) is 98.7 Å². The maximum Gasteiger partial charge on any atom is 0.631 e. The number of carbonyl (C=O) groups excluding carboxylic acids is 10. The van der Waals surface area contributed by atoms with E-state index >= 15 is 9.59 Å². The van der Waals surface area contributed by atoms with Crippen LogP contribution in [0, 0.1) is 34.6 Å². The van der Waals surface area contributed by atoms with Gasteiger partial charge in [0, 0.05) is 138 Å². The number of H-pyrrole nitrogens is 2. The molecular weight excluding hydrogens is 1920 g/mol. The van der Waals surface area contributed by atoms with Crippen molar-refractivity contribution in [2.75, 3.05) is 114 Å². The fraction of sp³-hybridized carbons (Fsp3) is 0.602. The number of aliphatic hydroxyl groups excluding tert-OH is 13. The summed E-state index contributed by atoms with van der Waals surface area (Å²) in [6.07, 6.45) is -24.7. The van der Waals surface area contributed by atoms with Gasteiger partial charge in [0.15, 0.2) is 16.9 Å². The van der Waals surface area contributed by atoms with Gasteiger partial charge in [-0.25, -0.2) is 19.6 Å². The third-order valence-electron chi connectivity index (χ3n) is 29.1. The number of carbonyl (C=O) groups is 10. The van der Waals surface area contributed by atoms with Gasteiger partial charge in [0.1, 0.15) is 90.3 Å². The Morgan fingerprint density at radius 2 is 1.43 bits per heavy atom. The molecule has 50 heteroatoms. The van der Waals surface area contributed by atoms with Crippen LogP contribution in [0.15, 0.2) is 71.7 Å². The number of piperidine rings is 2. The number of aromatic amines is 2. The zero-order valence-corrected chi connectivity index (χ0v) is 81.0. The molecule has 3 saturated heterocycles. The number of rotatable bonds is 47. The van der Waals surface area contributed by atoms with E-state index in [9.17, 15) is 135 Å². The molecule has 6 aliphatic rings. The van der Waals surface area contributed by atoms with Gasteiger partial charge < -0.3 is 138 Å². The number of nitrogen functional groups attached to an aromatic ring is 1. The first-order valence-electron chi connectivity index (χ1n) is 46.7. The number of esters is 1. The predicted molar refractivity (Wildman–Crippen MR) is 504 cm³/mol. The van der Waals surface area contributed by atoms with E-state index in [-0.39, 0.29) is 76.8 Å². The number of carboxylic acids is 2. The third kappa shape index (κ3) is 23.3. The van der Waals surface area contributed by atoms with Crippen LogP contribution in [0.2, 0.25) is 0 Å². The van der Waals surface area contributed by atoms with Gasteiger partial charge in [-0.05, 0) is 137 Å². The maximum atomic E-state index is 15.7. The molecule has 1 unspecified atom stereocenters. The summed E-state index contributed by atoms with van der Waals surface area (Å²) in [5.74, 6) is -18.0. The Balaban J connectivity index is 0.00000642. The average molecular weight is 2050 g/mol. The molecule has 4 amide bonds. The number of imide groups is 1. The van der Waals surface area contributed by atoms with Crippen molar-refractivity contribution in [2.24, 2.45) is 29.1 Å². The number of methoxy groups -OCH3 is 2.